The van der Waals surface area contributed by atoms with E-state index in [1.807, 2.05) is 28.9 Å². The maximum Gasteiger partial charge on any atom is 0.222 e. The lowest BCUT2D eigenvalue weighted by Gasteiger charge is -2.30. The molecule has 1 aliphatic rings. The monoisotopic (exact) mass is 402 g/mol. The topological polar surface area (TPSA) is 116 Å². The van der Waals surface area contributed by atoms with Crippen LogP contribution in [0.5, 0.6) is 5.75 Å². The van der Waals surface area contributed by atoms with Gasteiger partial charge in [-0.1, -0.05) is 12.1 Å². The Morgan fingerprint density at radius 2 is 1.93 bits per heavy atom. The molecule has 1 fully saturated rings. The molecule has 0 aliphatic carbocycles. The standard InChI is InChI=1S/C18H22N6O3S/c1-27-15-6-4-3-5-13(15)16-14-11-20-18(19)21-17(14)24(22-16)12-7-9-23(10-8-12)28(2,25)26/h3-6,11-12H,7-10H2,1-2H3,(H2,19,20,21). The number of benzene rings is 1. The number of aromatic nitrogens is 4. The van der Waals surface area contributed by atoms with Gasteiger partial charge in [0.15, 0.2) is 5.65 Å². The van der Waals surface area contributed by atoms with E-state index in [0.717, 1.165) is 16.6 Å². The Kier molecular flexibility index (Phi) is 4.68. The number of hydrogen-bond donors (Lipinski definition) is 1. The van der Waals surface area contributed by atoms with Gasteiger partial charge in [0.2, 0.25) is 16.0 Å². The first kappa shape index (κ1) is 18.6. The summed E-state index contributed by atoms with van der Waals surface area (Å²) >= 11 is 0. The zero-order valence-electron chi connectivity index (χ0n) is 15.7. The van der Waals surface area contributed by atoms with Crippen LogP contribution in [0.2, 0.25) is 0 Å². The molecule has 9 nitrogen and oxygen atoms in total. The van der Waals surface area contributed by atoms with Crippen LogP contribution in [0.4, 0.5) is 5.95 Å². The molecule has 1 aliphatic heterocycles. The highest BCUT2D eigenvalue weighted by Gasteiger charge is 2.29. The number of nitrogens with two attached hydrogens (primary N) is 1. The van der Waals surface area contributed by atoms with Crippen molar-refractivity contribution in [1.29, 1.82) is 0 Å². The van der Waals surface area contributed by atoms with Crippen LogP contribution in [0.25, 0.3) is 22.3 Å². The molecule has 0 atom stereocenters. The average molecular weight is 402 g/mol. The van der Waals surface area contributed by atoms with Gasteiger partial charge in [-0.05, 0) is 25.0 Å². The number of hydrogen-bond acceptors (Lipinski definition) is 7. The van der Waals surface area contributed by atoms with Crippen molar-refractivity contribution in [2.24, 2.45) is 0 Å². The van der Waals surface area contributed by atoms with Gasteiger partial charge in [0.05, 0.1) is 24.8 Å². The number of piperidine rings is 1. The van der Waals surface area contributed by atoms with Crippen LogP contribution >= 0.6 is 0 Å². The predicted octanol–water partition coefficient (Wildman–Crippen LogP) is 1.68. The van der Waals surface area contributed by atoms with Gasteiger partial charge in [-0.25, -0.2) is 22.4 Å². The van der Waals surface area contributed by atoms with Gasteiger partial charge >= 0.3 is 0 Å². The van der Waals surface area contributed by atoms with Crippen LogP contribution in [0.1, 0.15) is 18.9 Å². The van der Waals surface area contributed by atoms with E-state index in [0.29, 0.717) is 37.3 Å². The van der Waals surface area contributed by atoms with Crippen molar-refractivity contribution in [1.82, 2.24) is 24.1 Å². The van der Waals surface area contributed by atoms with Crippen molar-refractivity contribution in [2.75, 3.05) is 32.2 Å². The van der Waals surface area contributed by atoms with Crippen LogP contribution in [0.3, 0.4) is 0 Å². The van der Waals surface area contributed by atoms with Gasteiger partial charge in [-0.15, -0.1) is 0 Å². The van der Waals surface area contributed by atoms with Crippen LogP contribution in [-0.4, -0.2) is 58.9 Å². The molecule has 0 unspecified atom stereocenters. The molecule has 0 amide bonds. The molecule has 3 heterocycles. The third-order valence-electron chi connectivity index (χ3n) is 5.07. The number of rotatable bonds is 4. The Morgan fingerprint density at radius 3 is 2.61 bits per heavy atom. The second-order valence-corrected chi connectivity index (χ2v) is 8.83. The molecule has 3 aromatic rings. The van der Waals surface area contributed by atoms with Crippen LogP contribution in [0.15, 0.2) is 30.5 Å². The van der Waals surface area contributed by atoms with Gasteiger partial charge in [0, 0.05) is 24.8 Å². The van der Waals surface area contributed by atoms with E-state index >= 15 is 0 Å². The summed E-state index contributed by atoms with van der Waals surface area (Å²) in [6.45, 7) is 0.908. The number of nitrogen functional groups attached to an aromatic ring is 1. The van der Waals surface area contributed by atoms with E-state index in [1.54, 1.807) is 13.3 Å². The van der Waals surface area contributed by atoms with E-state index in [9.17, 15) is 8.42 Å². The van der Waals surface area contributed by atoms with Crippen molar-refractivity contribution < 1.29 is 13.2 Å². The number of nitrogens with zero attached hydrogens (tertiary/aromatic N) is 5. The van der Waals surface area contributed by atoms with Gasteiger partial charge in [0.25, 0.3) is 0 Å². The van der Waals surface area contributed by atoms with E-state index in [2.05, 4.69) is 9.97 Å². The quantitative estimate of drug-likeness (QED) is 0.706. The largest absolute Gasteiger partial charge is 0.496 e. The number of fused-ring (bicyclic) bond motifs is 1. The number of anilines is 1. The normalized spacial score (nSPS) is 16.5. The van der Waals surface area contributed by atoms with Crippen LogP contribution < -0.4 is 10.5 Å². The average Bonchev–Trinajstić information content (AvgIpc) is 3.05. The highest BCUT2D eigenvalue weighted by molar-refractivity contribution is 7.88. The molecule has 2 aromatic heterocycles. The summed E-state index contributed by atoms with van der Waals surface area (Å²) in [5.74, 6) is 0.881. The minimum atomic E-state index is -3.19. The Hall–Kier alpha value is -2.72. The third kappa shape index (κ3) is 3.29. The van der Waals surface area contributed by atoms with Crippen molar-refractivity contribution in [3.8, 4) is 17.0 Å². The third-order valence-corrected chi connectivity index (χ3v) is 6.37. The molecular weight excluding hydrogens is 380 g/mol. The summed E-state index contributed by atoms with van der Waals surface area (Å²) in [5.41, 5.74) is 8.04. The zero-order chi connectivity index (χ0) is 19.9. The maximum atomic E-state index is 11.8. The summed E-state index contributed by atoms with van der Waals surface area (Å²) in [4.78, 5) is 8.55. The van der Waals surface area contributed by atoms with Gasteiger partial charge < -0.3 is 10.5 Å². The zero-order valence-corrected chi connectivity index (χ0v) is 16.6. The van der Waals surface area contributed by atoms with Gasteiger partial charge in [-0.2, -0.15) is 10.1 Å². The molecule has 0 radical (unpaired) electrons. The molecule has 2 N–H and O–H groups in total. The minimum absolute atomic E-state index is 0.0262. The first-order valence-electron chi connectivity index (χ1n) is 8.97. The van der Waals surface area contributed by atoms with Crippen molar-refractivity contribution in [2.45, 2.75) is 18.9 Å². The van der Waals surface area contributed by atoms with Crippen molar-refractivity contribution in [3.05, 3.63) is 30.5 Å². The SMILES string of the molecule is COc1ccccc1-c1nn(C2CCN(S(C)(=O)=O)CC2)c2nc(N)ncc12. The lowest BCUT2D eigenvalue weighted by Crippen LogP contribution is -2.38. The molecule has 0 bridgehead atoms. The van der Waals surface area contributed by atoms with Crippen LogP contribution in [-0.2, 0) is 10.0 Å². The molecule has 0 spiro atoms. The van der Waals surface area contributed by atoms with Crippen LogP contribution in [0, 0.1) is 0 Å². The van der Waals surface area contributed by atoms with E-state index in [1.165, 1.54) is 10.6 Å². The van der Waals surface area contributed by atoms with Crippen molar-refractivity contribution in [3.63, 3.8) is 0 Å². The second-order valence-electron chi connectivity index (χ2n) is 6.85. The summed E-state index contributed by atoms with van der Waals surface area (Å²) in [6.07, 6.45) is 4.22. The first-order chi connectivity index (χ1) is 13.4. The smallest absolute Gasteiger partial charge is 0.222 e. The Bertz CT molecular complexity index is 1120. The lowest BCUT2D eigenvalue weighted by molar-refractivity contribution is 0.266. The summed E-state index contributed by atoms with van der Waals surface area (Å²) in [5, 5.41) is 5.61. The maximum absolute atomic E-state index is 11.8. The van der Waals surface area contributed by atoms with Gasteiger partial charge in [0.1, 0.15) is 11.4 Å². The molecular formula is C18H22N6O3S. The molecule has 0 saturated carbocycles. The van der Waals surface area contributed by atoms with E-state index < -0.39 is 10.0 Å². The second kappa shape index (κ2) is 7.02. The fourth-order valence-electron chi connectivity index (χ4n) is 3.65. The van der Waals surface area contributed by atoms with Gasteiger partial charge in [-0.3, -0.25) is 0 Å². The number of ether oxygens (including phenoxy) is 1. The summed E-state index contributed by atoms with van der Waals surface area (Å²) in [7, 11) is -1.57. The van der Waals surface area contributed by atoms with E-state index in [-0.39, 0.29) is 12.0 Å². The number of sulfonamides is 1. The Labute approximate surface area is 163 Å². The number of methoxy groups -OCH3 is 1. The molecule has 1 aromatic carbocycles. The summed E-state index contributed by atoms with van der Waals surface area (Å²) in [6, 6.07) is 7.66. The fraction of sp³-hybridized carbons (Fsp3) is 0.389. The number of para-hydroxylation sites is 1. The lowest BCUT2D eigenvalue weighted by atomic mass is 10.1. The molecule has 4 rings (SSSR count). The Morgan fingerprint density at radius 1 is 1.21 bits per heavy atom. The van der Waals surface area contributed by atoms with Crippen molar-refractivity contribution >= 4 is 27.0 Å². The minimum Gasteiger partial charge on any atom is -0.496 e. The highest BCUT2D eigenvalue weighted by atomic mass is 32.2. The van der Waals surface area contributed by atoms with E-state index in [4.69, 9.17) is 15.6 Å². The molecule has 148 valence electrons. The summed E-state index contributed by atoms with van der Waals surface area (Å²) < 4.78 is 32.4. The molecule has 10 heteroatoms. The molecule has 1 saturated heterocycles. The highest BCUT2D eigenvalue weighted by Crippen LogP contribution is 2.36. The Balaban J connectivity index is 1.79. The fourth-order valence-corrected chi connectivity index (χ4v) is 4.52. The molecule has 28 heavy (non-hydrogen) atoms. The first-order valence-corrected chi connectivity index (χ1v) is 10.8. The predicted molar refractivity (Wildman–Crippen MR) is 106 cm³/mol.